The highest BCUT2D eigenvalue weighted by atomic mass is 32.2. The lowest BCUT2D eigenvalue weighted by atomic mass is 10.1. The van der Waals surface area contributed by atoms with E-state index in [0.717, 1.165) is 11.8 Å². The predicted molar refractivity (Wildman–Crippen MR) is 61.0 cm³/mol. The number of carbonyl (C=O) groups excluding carboxylic acids is 2. The van der Waals surface area contributed by atoms with Crippen LogP contribution in [0.15, 0.2) is 22.1 Å². The van der Waals surface area contributed by atoms with Crippen molar-refractivity contribution >= 4 is 34.5 Å². The number of carbonyl (C=O) groups is 2. The van der Waals surface area contributed by atoms with Gasteiger partial charge in [0.05, 0.1) is 17.0 Å². The van der Waals surface area contributed by atoms with E-state index in [1.807, 2.05) is 6.92 Å². The summed E-state index contributed by atoms with van der Waals surface area (Å²) >= 11 is 1.06. The predicted octanol–water partition coefficient (Wildman–Crippen LogP) is 0.508. The lowest BCUT2D eigenvalue weighted by molar-refractivity contribution is -0.116. The number of hydrogen-bond acceptors (Lipinski definition) is 4. The van der Waals surface area contributed by atoms with Crippen LogP contribution in [-0.2, 0) is 9.59 Å². The van der Waals surface area contributed by atoms with E-state index in [1.165, 1.54) is 0 Å². The average molecular weight is 225 g/mol. The van der Waals surface area contributed by atoms with E-state index >= 15 is 0 Å². The second kappa shape index (κ2) is 4.88. The van der Waals surface area contributed by atoms with Gasteiger partial charge in [0, 0.05) is 0 Å². The molecule has 0 bridgehead atoms. The van der Waals surface area contributed by atoms with E-state index in [9.17, 15) is 9.59 Å². The van der Waals surface area contributed by atoms with Crippen molar-refractivity contribution in [1.29, 1.82) is 0 Å². The van der Waals surface area contributed by atoms with Crippen molar-refractivity contribution in [1.82, 2.24) is 0 Å². The number of thioether (sulfide) groups is 1. The van der Waals surface area contributed by atoms with Crippen molar-refractivity contribution < 1.29 is 9.59 Å². The molecule has 0 aliphatic carbocycles. The van der Waals surface area contributed by atoms with Gasteiger partial charge < -0.3 is 5.73 Å². The second-order valence-corrected chi connectivity index (χ2v) is 3.79. The Morgan fingerprint density at radius 1 is 1.53 bits per heavy atom. The van der Waals surface area contributed by atoms with Gasteiger partial charge >= 0.3 is 0 Å². The summed E-state index contributed by atoms with van der Waals surface area (Å²) in [6.07, 6.45) is 0.612. The molecule has 1 heterocycles. The average Bonchev–Trinajstić information content (AvgIpc) is 2.19. The lowest BCUT2D eigenvalue weighted by Gasteiger charge is -2.10. The molecule has 0 saturated carbocycles. The Hall–Kier alpha value is -1.43. The van der Waals surface area contributed by atoms with Gasteiger partial charge in [-0.3, -0.25) is 9.59 Å². The summed E-state index contributed by atoms with van der Waals surface area (Å²) in [5.41, 5.74) is 5.91. The molecular formula is C9H11N3O2S. The number of amides is 2. The zero-order valence-corrected chi connectivity index (χ0v) is 9.13. The van der Waals surface area contributed by atoms with Crippen LogP contribution in [0.4, 0.5) is 0 Å². The Labute approximate surface area is 91.5 Å². The quantitative estimate of drug-likeness (QED) is 0.710. The van der Waals surface area contributed by atoms with Gasteiger partial charge in [0.2, 0.25) is 5.91 Å². The molecule has 0 radical (unpaired) electrons. The topological polar surface area (TPSA) is 84.9 Å². The Balaban J connectivity index is 2.78. The standard InChI is InChI=1S/C9H11N3O2S/c1-3-6-5(2)8(14)12-9(11-6)15-4-7(10)13/h2-4H2,1H3,(H2,10,13). The van der Waals surface area contributed by atoms with Crippen LogP contribution in [-0.4, -0.2) is 28.4 Å². The van der Waals surface area contributed by atoms with E-state index in [1.54, 1.807) is 0 Å². The van der Waals surface area contributed by atoms with Crippen LogP contribution in [0.2, 0.25) is 0 Å². The Kier molecular flexibility index (Phi) is 3.79. The number of amidine groups is 1. The lowest BCUT2D eigenvalue weighted by Crippen LogP contribution is -2.19. The SMILES string of the molecule is C=C1C(=O)N=C(SCC(N)=O)N=C1CC. The molecule has 2 amide bonds. The van der Waals surface area contributed by atoms with Gasteiger partial charge in [-0.1, -0.05) is 25.3 Å². The zero-order valence-electron chi connectivity index (χ0n) is 8.32. The van der Waals surface area contributed by atoms with Gasteiger partial charge in [0.1, 0.15) is 0 Å². The van der Waals surface area contributed by atoms with Crippen molar-refractivity contribution in [2.24, 2.45) is 15.7 Å². The maximum absolute atomic E-state index is 11.3. The minimum absolute atomic E-state index is 0.0685. The van der Waals surface area contributed by atoms with E-state index in [0.29, 0.717) is 17.7 Å². The molecule has 1 rings (SSSR count). The van der Waals surface area contributed by atoms with Crippen LogP contribution in [0.1, 0.15) is 13.3 Å². The van der Waals surface area contributed by atoms with E-state index in [-0.39, 0.29) is 10.9 Å². The fourth-order valence-electron chi connectivity index (χ4n) is 0.978. The number of nitrogens with two attached hydrogens (primary N) is 1. The fraction of sp³-hybridized carbons (Fsp3) is 0.333. The first-order valence-corrected chi connectivity index (χ1v) is 5.34. The molecule has 0 unspecified atom stereocenters. The molecule has 0 atom stereocenters. The monoisotopic (exact) mass is 225 g/mol. The molecule has 1 aliphatic heterocycles. The number of rotatable bonds is 3. The summed E-state index contributed by atoms with van der Waals surface area (Å²) in [5.74, 6) is -0.791. The van der Waals surface area contributed by atoms with Gasteiger partial charge in [-0.15, -0.1) is 0 Å². The van der Waals surface area contributed by atoms with Crippen molar-refractivity contribution in [3.63, 3.8) is 0 Å². The molecule has 1 aliphatic rings. The third-order valence-electron chi connectivity index (χ3n) is 1.71. The van der Waals surface area contributed by atoms with Crippen LogP contribution < -0.4 is 5.73 Å². The summed E-state index contributed by atoms with van der Waals surface area (Å²) < 4.78 is 0. The Morgan fingerprint density at radius 2 is 2.20 bits per heavy atom. The van der Waals surface area contributed by atoms with Gasteiger partial charge in [0.15, 0.2) is 5.17 Å². The molecule has 5 nitrogen and oxygen atoms in total. The van der Waals surface area contributed by atoms with E-state index < -0.39 is 11.8 Å². The van der Waals surface area contributed by atoms with Crippen molar-refractivity contribution in [2.75, 3.05) is 5.75 Å². The first-order chi connectivity index (χ1) is 7.04. The molecule has 0 aromatic rings. The summed E-state index contributed by atoms with van der Waals surface area (Å²) in [4.78, 5) is 29.6. The largest absolute Gasteiger partial charge is 0.369 e. The fourth-order valence-corrected chi connectivity index (χ4v) is 1.57. The van der Waals surface area contributed by atoms with E-state index in [4.69, 9.17) is 5.73 Å². The van der Waals surface area contributed by atoms with Crippen molar-refractivity contribution in [2.45, 2.75) is 13.3 Å². The van der Waals surface area contributed by atoms with Crippen LogP contribution >= 0.6 is 11.8 Å². The van der Waals surface area contributed by atoms with Crippen LogP contribution in [0.5, 0.6) is 0 Å². The summed E-state index contributed by atoms with van der Waals surface area (Å²) in [6.45, 7) is 5.46. The maximum Gasteiger partial charge on any atom is 0.280 e. The number of aliphatic imine (C=N–C) groups is 2. The first kappa shape index (κ1) is 11.6. The van der Waals surface area contributed by atoms with Crippen molar-refractivity contribution in [3.05, 3.63) is 12.2 Å². The van der Waals surface area contributed by atoms with Gasteiger partial charge in [-0.2, -0.15) is 4.99 Å². The molecule has 0 saturated heterocycles. The highest BCUT2D eigenvalue weighted by Gasteiger charge is 2.19. The minimum Gasteiger partial charge on any atom is -0.369 e. The van der Waals surface area contributed by atoms with Crippen molar-refractivity contribution in [3.8, 4) is 0 Å². The Morgan fingerprint density at radius 3 is 2.73 bits per heavy atom. The molecular weight excluding hydrogens is 214 g/mol. The van der Waals surface area contributed by atoms with Gasteiger partial charge in [-0.25, -0.2) is 4.99 Å². The van der Waals surface area contributed by atoms with Crippen LogP contribution in [0, 0.1) is 0 Å². The highest BCUT2D eigenvalue weighted by molar-refractivity contribution is 8.14. The molecule has 0 spiro atoms. The molecule has 6 heteroatoms. The molecule has 2 N–H and O–H groups in total. The number of hydrogen-bond donors (Lipinski definition) is 1. The summed E-state index contributed by atoms with van der Waals surface area (Å²) in [7, 11) is 0. The minimum atomic E-state index is -0.465. The molecule has 0 fully saturated rings. The highest BCUT2D eigenvalue weighted by Crippen LogP contribution is 2.15. The second-order valence-electron chi connectivity index (χ2n) is 2.85. The number of nitrogens with zero attached hydrogens (tertiary/aromatic N) is 2. The van der Waals surface area contributed by atoms with Gasteiger partial charge in [0.25, 0.3) is 5.91 Å². The molecule has 0 aromatic carbocycles. The van der Waals surface area contributed by atoms with Crippen LogP contribution in [0.3, 0.4) is 0 Å². The molecule has 80 valence electrons. The first-order valence-electron chi connectivity index (χ1n) is 4.35. The zero-order chi connectivity index (χ0) is 11.4. The third kappa shape index (κ3) is 3.02. The summed E-state index contributed by atoms with van der Waals surface area (Å²) in [6, 6.07) is 0. The Bertz CT molecular complexity index is 385. The number of primary amides is 1. The normalized spacial score (nSPS) is 16.1. The molecule has 0 aromatic heterocycles. The smallest absolute Gasteiger partial charge is 0.280 e. The third-order valence-corrected chi connectivity index (χ3v) is 2.58. The maximum atomic E-state index is 11.3. The van der Waals surface area contributed by atoms with Gasteiger partial charge in [-0.05, 0) is 6.42 Å². The summed E-state index contributed by atoms with van der Waals surface area (Å²) in [5, 5.41) is 0.281. The van der Waals surface area contributed by atoms with Crippen LogP contribution in [0.25, 0.3) is 0 Å². The molecule has 15 heavy (non-hydrogen) atoms. The van der Waals surface area contributed by atoms with E-state index in [2.05, 4.69) is 16.6 Å².